The Hall–Kier alpha value is -3.02. The minimum absolute atomic E-state index is 0.182. The maximum Gasteiger partial charge on any atom is 0.185 e. The van der Waals surface area contributed by atoms with Crippen LogP contribution >= 0.6 is 0 Å². The highest BCUT2D eigenvalue weighted by Crippen LogP contribution is 2.40. The van der Waals surface area contributed by atoms with E-state index in [0.29, 0.717) is 12.5 Å². The topological polar surface area (TPSA) is 46.3 Å². The molecule has 27 heavy (non-hydrogen) atoms. The Balaban J connectivity index is 1.55. The molecule has 0 amide bonds. The summed E-state index contributed by atoms with van der Waals surface area (Å²) in [6, 6.07) is 13.3. The number of anilines is 1. The van der Waals surface area contributed by atoms with Gasteiger partial charge in [0, 0.05) is 29.8 Å². The lowest BCUT2D eigenvalue weighted by Gasteiger charge is -2.30. The standard InChI is InChI=1S/C21H18FN5/c22-16-8-7-13-9-10-26(12-15(13)11-16)21-18-4-2-1-3-17(18)20-24-23-19(14-5-6-14)27(20)25-21/h1-4,7-8,11,14H,5-6,9-10,12H2. The summed E-state index contributed by atoms with van der Waals surface area (Å²) in [6.07, 6.45) is 3.20. The van der Waals surface area contributed by atoms with Crippen LogP contribution in [-0.2, 0) is 13.0 Å². The van der Waals surface area contributed by atoms with Gasteiger partial charge in [-0.05, 0) is 42.5 Å². The largest absolute Gasteiger partial charge is 0.350 e. The van der Waals surface area contributed by atoms with Crippen LogP contribution in [0.5, 0.6) is 0 Å². The van der Waals surface area contributed by atoms with Crippen molar-refractivity contribution in [3.8, 4) is 0 Å². The van der Waals surface area contributed by atoms with Crippen molar-refractivity contribution in [2.24, 2.45) is 0 Å². The molecule has 1 aliphatic heterocycles. The molecule has 6 heteroatoms. The zero-order valence-electron chi connectivity index (χ0n) is 14.8. The summed E-state index contributed by atoms with van der Waals surface area (Å²) in [6.45, 7) is 1.53. The molecule has 4 aromatic rings. The third kappa shape index (κ3) is 2.32. The van der Waals surface area contributed by atoms with E-state index >= 15 is 0 Å². The van der Waals surface area contributed by atoms with Crippen LogP contribution in [0.15, 0.2) is 42.5 Å². The van der Waals surface area contributed by atoms with Crippen LogP contribution in [0, 0.1) is 5.82 Å². The maximum atomic E-state index is 13.7. The molecular weight excluding hydrogens is 341 g/mol. The Morgan fingerprint density at radius 2 is 1.81 bits per heavy atom. The summed E-state index contributed by atoms with van der Waals surface area (Å²) < 4.78 is 15.7. The van der Waals surface area contributed by atoms with Gasteiger partial charge in [0.15, 0.2) is 17.3 Å². The first-order valence-corrected chi connectivity index (χ1v) is 9.44. The summed E-state index contributed by atoms with van der Waals surface area (Å²) in [5.74, 6) is 2.17. The summed E-state index contributed by atoms with van der Waals surface area (Å²) in [5, 5.41) is 15.9. The lowest BCUT2D eigenvalue weighted by Crippen LogP contribution is -2.31. The first kappa shape index (κ1) is 15.1. The van der Waals surface area contributed by atoms with Gasteiger partial charge in [0.05, 0.1) is 0 Å². The van der Waals surface area contributed by atoms with E-state index in [4.69, 9.17) is 5.10 Å². The molecule has 5 nitrogen and oxygen atoms in total. The van der Waals surface area contributed by atoms with E-state index < -0.39 is 0 Å². The Bertz CT molecular complexity index is 1190. The number of aromatic nitrogens is 4. The Morgan fingerprint density at radius 1 is 0.963 bits per heavy atom. The number of halogens is 1. The Labute approximate surface area is 155 Å². The first-order chi connectivity index (χ1) is 13.3. The van der Waals surface area contributed by atoms with Gasteiger partial charge in [0.1, 0.15) is 5.82 Å². The molecule has 0 N–H and O–H groups in total. The highest BCUT2D eigenvalue weighted by atomic mass is 19.1. The second kappa shape index (κ2) is 5.49. The van der Waals surface area contributed by atoms with Crippen LogP contribution in [0.25, 0.3) is 16.4 Å². The fraction of sp³-hybridized carbons (Fsp3) is 0.286. The quantitative estimate of drug-likeness (QED) is 0.545. The van der Waals surface area contributed by atoms with Crippen molar-refractivity contribution >= 4 is 22.2 Å². The fourth-order valence-electron chi connectivity index (χ4n) is 4.12. The van der Waals surface area contributed by atoms with Crippen LogP contribution in [0.2, 0.25) is 0 Å². The third-order valence-electron chi connectivity index (χ3n) is 5.69. The number of rotatable bonds is 2. The van der Waals surface area contributed by atoms with Crippen LogP contribution in [-0.4, -0.2) is 26.4 Å². The predicted molar refractivity (Wildman–Crippen MR) is 101 cm³/mol. The number of fused-ring (bicyclic) bond motifs is 4. The average molecular weight is 359 g/mol. The highest BCUT2D eigenvalue weighted by molar-refractivity contribution is 6.00. The molecule has 0 bridgehead atoms. The van der Waals surface area contributed by atoms with Crippen molar-refractivity contribution in [1.29, 1.82) is 0 Å². The van der Waals surface area contributed by atoms with E-state index in [-0.39, 0.29) is 5.82 Å². The molecular formula is C21H18FN5. The molecule has 6 rings (SSSR count). The summed E-state index contributed by atoms with van der Waals surface area (Å²) in [7, 11) is 0. The molecule has 2 aliphatic rings. The lowest BCUT2D eigenvalue weighted by atomic mass is 9.99. The van der Waals surface area contributed by atoms with Gasteiger partial charge in [-0.1, -0.05) is 30.3 Å². The monoisotopic (exact) mass is 359 g/mol. The van der Waals surface area contributed by atoms with E-state index in [9.17, 15) is 4.39 Å². The number of hydrogen-bond donors (Lipinski definition) is 0. The first-order valence-electron chi connectivity index (χ1n) is 9.44. The third-order valence-corrected chi connectivity index (χ3v) is 5.69. The van der Waals surface area contributed by atoms with E-state index in [1.807, 2.05) is 22.7 Å². The van der Waals surface area contributed by atoms with Gasteiger partial charge in [-0.15, -0.1) is 15.3 Å². The van der Waals surface area contributed by atoms with E-state index in [1.165, 1.54) is 5.56 Å². The number of hydrogen-bond acceptors (Lipinski definition) is 4. The van der Waals surface area contributed by atoms with Crippen LogP contribution < -0.4 is 4.90 Å². The fourth-order valence-corrected chi connectivity index (χ4v) is 4.12. The smallest absolute Gasteiger partial charge is 0.185 e. The minimum atomic E-state index is -0.182. The van der Waals surface area contributed by atoms with Crippen molar-refractivity contribution in [2.75, 3.05) is 11.4 Å². The molecule has 0 radical (unpaired) electrons. The van der Waals surface area contributed by atoms with Crippen LogP contribution in [0.3, 0.4) is 0 Å². The molecule has 134 valence electrons. The van der Waals surface area contributed by atoms with E-state index in [1.54, 1.807) is 12.1 Å². The Morgan fingerprint density at radius 3 is 2.67 bits per heavy atom. The van der Waals surface area contributed by atoms with Gasteiger partial charge in [0.25, 0.3) is 0 Å². The van der Waals surface area contributed by atoms with Crippen molar-refractivity contribution < 1.29 is 4.39 Å². The molecule has 0 atom stereocenters. The molecule has 2 aromatic carbocycles. The summed E-state index contributed by atoms with van der Waals surface area (Å²) >= 11 is 0. The van der Waals surface area contributed by atoms with Gasteiger partial charge in [-0.3, -0.25) is 0 Å². The zero-order valence-corrected chi connectivity index (χ0v) is 14.8. The van der Waals surface area contributed by atoms with Crippen LogP contribution in [0.1, 0.15) is 35.7 Å². The highest BCUT2D eigenvalue weighted by Gasteiger charge is 2.30. The second-order valence-electron chi connectivity index (χ2n) is 7.52. The molecule has 0 spiro atoms. The average Bonchev–Trinajstić information content (AvgIpc) is 3.45. The second-order valence-corrected chi connectivity index (χ2v) is 7.52. The number of benzene rings is 2. The summed E-state index contributed by atoms with van der Waals surface area (Å²) in [4.78, 5) is 2.25. The SMILES string of the molecule is Fc1ccc2c(c1)CN(c1nn3c(C4CC4)nnc3c3ccccc13)CC2. The number of nitrogens with zero attached hydrogens (tertiary/aromatic N) is 5. The normalized spacial score (nSPS) is 16.9. The molecule has 1 fully saturated rings. The molecule has 2 aromatic heterocycles. The zero-order chi connectivity index (χ0) is 18.0. The van der Waals surface area contributed by atoms with Crippen molar-refractivity contribution in [2.45, 2.75) is 31.7 Å². The van der Waals surface area contributed by atoms with Gasteiger partial charge in [0.2, 0.25) is 0 Å². The van der Waals surface area contributed by atoms with E-state index in [2.05, 4.69) is 27.2 Å². The summed E-state index contributed by atoms with van der Waals surface area (Å²) in [5.41, 5.74) is 3.08. The maximum absolute atomic E-state index is 13.7. The predicted octanol–water partition coefficient (Wildman–Crippen LogP) is 3.86. The van der Waals surface area contributed by atoms with Gasteiger partial charge in [-0.2, -0.15) is 4.52 Å². The molecule has 1 saturated carbocycles. The van der Waals surface area contributed by atoms with Gasteiger partial charge >= 0.3 is 0 Å². The molecule has 0 saturated heterocycles. The van der Waals surface area contributed by atoms with E-state index in [0.717, 1.165) is 59.4 Å². The van der Waals surface area contributed by atoms with Gasteiger partial charge in [-0.25, -0.2) is 4.39 Å². The van der Waals surface area contributed by atoms with Crippen LogP contribution in [0.4, 0.5) is 10.2 Å². The van der Waals surface area contributed by atoms with Gasteiger partial charge < -0.3 is 4.90 Å². The van der Waals surface area contributed by atoms with Crippen molar-refractivity contribution in [3.05, 3.63) is 65.2 Å². The molecule has 0 unspecified atom stereocenters. The Kier molecular flexibility index (Phi) is 3.06. The minimum Gasteiger partial charge on any atom is -0.350 e. The van der Waals surface area contributed by atoms with Crippen molar-refractivity contribution in [1.82, 2.24) is 19.8 Å². The lowest BCUT2D eigenvalue weighted by molar-refractivity contribution is 0.618. The molecule has 3 heterocycles. The van der Waals surface area contributed by atoms with Crippen molar-refractivity contribution in [3.63, 3.8) is 0 Å². The molecule has 1 aliphatic carbocycles.